The summed E-state index contributed by atoms with van der Waals surface area (Å²) in [4.78, 5) is 0. The second kappa shape index (κ2) is 10.2. The maximum Gasteiger partial charge on any atom is 0.136 e. The molecule has 1 heterocycles. The minimum Gasteiger partial charge on any atom is -0.456 e. The second-order valence-electron chi connectivity index (χ2n) is 11.8. The van der Waals surface area contributed by atoms with E-state index in [1.807, 2.05) is 84.9 Å². The fraction of sp³-hybridized carbons (Fsp3) is 0. The van der Waals surface area contributed by atoms with Crippen molar-refractivity contribution in [3.63, 3.8) is 0 Å². The summed E-state index contributed by atoms with van der Waals surface area (Å²) in [5.41, 5.74) is 4.85. The van der Waals surface area contributed by atoms with E-state index in [0.717, 1.165) is 38.1 Å². The zero-order valence-corrected chi connectivity index (χ0v) is 25.0. The largest absolute Gasteiger partial charge is 0.456 e. The second-order valence-corrected chi connectivity index (χ2v) is 11.8. The van der Waals surface area contributed by atoms with Crippen LogP contribution in [0.15, 0.2) is 174 Å². The van der Waals surface area contributed by atoms with Gasteiger partial charge >= 0.3 is 0 Å². The average molecular weight is 605 g/mol. The molecular formula is C46H28O. The van der Waals surface area contributed by atoms with Crippen LogP contribution in [0.4, 0.5) is 0 Å². The summed E-state index contributed by atoms with van der Waals surface area (Å²) in [7, 11) is 0. The molecule has 9 aromatic carbocycles. The van der Waals surface area contributed by atoms with E-state index in [1.165, 1.54) is 0 Å². The Morgan fingerprint density at radius 3 is 1.66 bits per heavy atom. The third-order valence-electron chi connectivity index (χ3n) is 9.30. The predicted molar refractivity (Wildman–Crippen MR) is 200 cm³/mol. The molecule has 0 radical (unpaired) electrons. The lowest BCUT2D eigenvalue weighted by molar-refractivity contribution is 0.669. The van der Waals surface area contributed by atoms with Crippen LogP contribution >= 0.6 is 0 Å². The number of hydrogen-bond donors (Lipinski definition) is 0. The molecule has 218 valence electrons. The molecule has 0 spiro atoms. The van der Waals surface area contributed by atoms with Crippen LogP contribution in [0.1, 0.15) is 11.0 Å². The van der Waals surface area contributed by atoms with Gasteiger partial charge in [-0.05, 0) is 94.7 Å². The molecule has 0 aliphatic heterocycles. The Morgan fingerprint density at radius 1 is 0.383 bits per heavy atom. The van der Waals surface area contributed by atoms with Crippen molar-refractivity contribution >= 4 is 65.0 Å². The summed E-state index contributed by atoms with van der Waals surface area (Å²) in [5, 5.41) is 6.00. The number of benzene rings is 9. The van der Waals surface area contributed by atoms with E-state index in [-0.39, 0.29) is 45.7 Å². The Balaban J connectivity index is 1.43. The molecule has 0 atom stereocenters. The number of fused-ring (bicyclic) bond motifs is 7. The van der Waals surface area contributed by atoms with E-state index in [9.17, 15) is 5.48 Å². The van der Waals surface area contributed by atoms with Gasteiger partial charge in [0.15, 0.2) is 0 Å². The molecule has 10 aromatic rings. The van der Waals surface area contributed by atoms with Crippen molar-refractivity contribution < 1.29 is 15.4 Å². The van der Waals surface area contributed by atoms with Gasteiger partial charge in [0.2, 0.25) is 0 Å². The molecule has 0 fully saturated rings. The van der Waals surface area contributed by atoms with Crippen molar-refractivity contribution in [2.24, 2.45) is 0 Å². The van der Waals surface area contributed by atoms with E-state index >= 15 is 0 Å². The number of hydrogen-bond acceptors (Lipinski definition) is 1. The van der Waals surface area contributed by atoms with Crippen LogP contribution in [0.2, 0.25) is 0 Å². The van der Waals surface area contributed by atoms with Gasteiger partial charge in [0.1, 0.15) is 11.2 Å². The summed E-state index contributed by atoms with van der Waals surface area (Å²) in [6, 6.07) is 36.2. The van der Waals surface area contributed by atoms with E-state index < -0.39 is 24.2 Å². The molecule has 1 heteroatoms. The zero-order chi connectivity index (χ0) is 37.9. The average Bonchev–Trinajstić information content (AvgIpc) is 3.61. The summed E-state index contributed by atoms with van der Waals surface area (Å²) in [6.07, 6.45) is 0. The normalized spacial score (nSPS) is 14.2. The third-order valence-corrected chi connectivity index (χ3v) is 9.30. The lowest BCUT2D eigenvalue weighted by Gasteiger charge is -2.20. The van der Waals surface area contributed by atoms with Gasteiger partial charge < -0.3 is 4.42 Å². The van der Waals surface area contributed by atoms with E-state index in [2.05, 4.69) is 30.3 Å². The molecule has 0 bridgehead atoms. The van der Waals surface area contributed by atoms with Crippen LogP contribution in [0.3, 0.4) is 0 Å². The fourth-order valence-corrected chi connectivity index (χ4v) is 7.27. The van der Waals surface area contributed by atoms with Crippen LogP contribution in [-0.2, 0) is 0 Å². The summed E-state index contributed by atoms with van der Waals surface area (Å²) in [6.45, 7) is 0. The fourth-order valence-electron chi connectivity index (χ4n) is 7.27. The number of rotatable bonds is 3. The first kappa shape index (κ1) is 19.4. The van der Waals surface area contributed by atoms with E-state index in [0.29, 0.717) is 38.8 Å². The van der Waals surface area contributed by atoms with E-state index in [4.69, 9.17) is 9.90 Å². The summed E-state index contributed by atoms with van der Waals surface area (Å²) < 4.78 is 79.8. The molecule has 1 nitrogen and oxygen atoms in total. The van der Waals surface area contributed by atoms with Crippen molar-refractivity contribution in [3.05, 3.63) is 170 Å². The van der Waals surface area contributed by atoms with Crippen molar-refractivity contribution in [1.82, 2.24) is 0 Å². The topological polar surface area (TPSA) is 13.1 Å². The molecule has 1 aromatic heterocycles. The molecular weight excluding hydrogens is 569 g/mol. The Hall–Kier alpha value is -6.18. The molecule has 0 N–H and O–H groups in total. The minimum absolute atomic E-state index is 0.166. The highest BCUT2D eigenvalue weighted by molar-refractivity contribution is 6.27. The molecule has 47 heavy (non-hydrogen) atoms. The SMILES string of the molecule is [2H]c1c([2H])c([2H])c2c(-c3cccc4oc5ccccc5c34)c3c([2H])c([2H])c([2H])c([2H])c3c(-c3ccc(-c4ccc5ccccc5c4)c4ccccc34)c2c1[2H]. The highest BCUT2D eigenvalue weighted by Crippen LogP contribution is 2.48. The Kier molecular flexibility index (Phi) is 4.19. The van der Waals surface area contributed by atoms with Gasteiger partial charge in [-0.25, -0.2) is 0 Å². The van der Waals surface area contributed by atoms with Gasteiger partial charge in [-0.2, -0.15) is 0 Å². The van der Waals surface area contributed by atoms with Crippen LogP contribution in [-0.4, -0.2) is 0 Å². The Bertz CT molecular complexity index is 3230. The predicted octanol–water partition coefficient (Wildman–Crippen LogP) is 13.2. The van der Waals surface area contributed by atoms with Gasteiger partial charge in [-0.1, -0.05) is 151 Å². The first-order valence-electron chi connectivity index (χ1n) is 19.5. The quantitative estimate of drug-likeness (QED) is 0.183. The van der Waals surface area contributed by atoms with Crippen LogP contribution in [0, 0.1) is 0 Å². The zero-order valence-electron chi connectivity index (χ0n) is 33.0. The number of para-hydroxylation sites is 1. The minimum atomic E-state index is -0.439. The molecule has 0 aliphatic carbocycles. The lowest BCUT2D eigenvalue weighted by Crippen LogP contribution is -1.93. The van der Waals surface area contributed by atoms with Crippen molar-refractivity contribution in [2.45, 2.75) is 0 Å². The first-order chi connectivity index (χ1) is 26.7. The standard InChI is InChI=1S/C46H28O/c1-2-13-30-28-31(25-24-29(30)12-1)32-26-27-39(34-15-4-3-14-33(32)34)44-35-16-5-7-18-37(35)45(38-19-8-6-17-36(38)44)41-21-11-23-43-46(41)40-20-9-10-22-42(40)47-43/h1-28H/i5D,6D,7D,8D,16D,17D,18D,19D. The Labute approximate surface area is 283 Å². The van der Waals surface area contributed by atoms with Crippen LogP contribution in [0.5, 0.6) is 0 Å². The first-order valence-corrected chi connectivity index (χ1v) is 15.5. The maximum atomic E-state index is 9.49. The summed E-state index contributed by atoms with van der Waals surface area (Å²) >= 11 is 0. The van der Waals surface area contributed by atoms with Crippen LogP contribution in [0.25, 0.3) is 98.4 Å². The lowest BCUT2D eigenvalue weighted by atomic mass is 9.83. The van der Waals surface area contributed by atoms with Crippen LogP contribution < -0.4 is 0 Å². The molecule has 0 amide bonds. The Morgan fingerprint density at radius 2 is 0.936 bits per heavy atom. The smallest absolute Gasteiger partial charge is 0.136 e. The number of furan rings is 1. The highest BCUT2D eigenvalue weighted by Gasteiger charge is 2.21. The van der Waals surface area contributed by atoms with Gasteiger partial charge in [0.25, 0.3) is 0 Å². The molecule has 0 unspecified atom stereocenters. The van der Waals surface area contributed by atoms with Gasteiger partial charge in [-0.3, -0.25) is 0 Å². The third kappa shape index (κ3) is 3.90. The van der Waals surface area contributed by atoms with Gasteiger partial charge in [-0.15, -0.1) is 0 Å². The molecule has 0 saturated heterocycles. The maximum absolute atomic E-state index is 9.49. The highest BCUT2D eigenvalue weighted by atomic mass is 16.3. The summed E-state index contributed by atoms with van der Waals surface area (Å²) in [5.74, 6) is 0. The monoisotopic (exact) mass is 604 g/mol. The van der Waals surface area contributed by atoms with Gasteiger partial charge in [0, 0.05) is 10.8 Å². The van der Waals surface area contributed by atoms with Crippen molar-refractivity contribution in [3.8, 4) is 33.4 Å². The molecule has 10 rings (SSSR count). The van der Waals surface area contributed by atoms with E-state index in [1.54, 1.807) is 6.07 Å². The van der Waals surface area contributed by atoms with Crippen molar-refractivity contribution in [1.29, 1.82) is 0 Å². The van der Waals surface area contributed by atoms with Crippen molar-refractivity contribution in [2.75, 3.05) is 0 Å². The molecule has 0 aliphatic rings. The van der Waals surface area contributed by atoms with Gasteiger partial charge in [0.05, 0.1) is 11.0 Å². The molecule has 0 saturated carbocycles.